The quantitative estimate of drug-likeness (QED) is 0.699. The minimum absolute atomic E-state index is 0.409. The van der Waals surface area contributed by atoms with Gasteiger partial charge in [-0.05, 0) is 36.4 Å². The standard InChI is InChI=1S/C16H12Cl2N4O/c1-23-14-3-2-11(17)9-13(14)22-16-20-7-5-12(21-16)10-4-6-19-15(18)8-10/h2-9H,1H3,(H,20,21,22). The molecule has 0 spiro atoms. The van der Waals surface area contributed by atoms with Gasteiger partial charge in [0.05, 0.1) is 18.5 Å². The molecular formula is C16H12Cl2N4O. The largest absolute Gasteiger partial charge is 0.495 e. The van der Waals surface area contributed by atoms with E-state index in [0.717, 1.165) is 11.3 Å². The molecular weight excluding hydrogens is 335 g/mol. The Bertz CT molecular complexity index is 842. The predicted molar refractivity (Wildman–Crippen MR) is 91.6 cm³/mol. The maximum Gasteiger partial charge on any atom is 0.227 e. The molecule has 2 heterocycles. The molecule has 1 N–H and O–H groups in total. The summed E-state index contributed by atoms with van der Waals surface area (Å²) in [4.78, 5) is 12.7. The van der Waals surface area contributed by atoms with E-state index in [2.05, 4.69) is 20.3 Å². The maximum atomic E-state index is 6.03. The zero-order chi connectivity index (χ0) is 16.2. The van der Waals surface area contributed by atoms with Crippen molar-refractivity contribution >= 4 is 34.8 Å². The van der Waals surface area contributed by atoms with E-state index in [-0.39, 0.29) is 0 Å². The molecule has 0 saturated carbocycles. The number of benzene rings is 1. The first-order valence-electron chi connectivity index (χ1n) is 6.71. The van der Waals surface area contributed by atoms with Gasteiger partial charge in [0.2, 0.25) is 5.95 Å². The van der Waals surface area contributed by atoms with Gasteiger partial charge in [0.25, 0.3) is 0 Å². The number of pyridine rings is 1. The molecule has 5 nitrogen and oxygen atoms in total. The van der Waals surface area contributed by atoms with Gasteiger partial charge in [-0.25, -0.2) is 15.0 Å². The molecule has 0 atom stereocenters. The normalized spacial score (nSPS) is 10.4. The molecule has 23 heavy (non-hydrogen) atoms. The molecule has 2 aromatic heterocycles. The van der Waals surface area contributed by atoms with E-state index >= 15 is 0 Å². The number of rotatable bonds is 4. The number of nitrogens with one attached hydrogen (secondary N) is 1. The van der Waals surface area contributed by atoms with Gasteiger partial charge in [-0.1, -0.05) is 23.2 Å². The molecule has 0 aliphatic carbocycles. The lowest BCUT2D eigenvalue weighted by molar-refractivity contribution is 0.417. The Balaban J connectivity index is 1.93. The molecule has 0 fully saturated rings. The number of aromatic nitrogens is 3. The van der Waals surface area contributed by atoms with Crippen molar-refractivity contribution in [1.29, 1.82) is 0 Å². The minimum atomic E-state index is 0.409. The van der Waals surface area contributed by atoms with Crippen LogP contribution in [-0.2, 0) is 0 Å². The van der Waals surface area contributed by atoms with E-state index in [0.29, 0.717) is 27.6 Å². The van der Waals surface area contributed by atoms with Gasteiger partial charge in [-0.15, -0.1) is 0 Å². The van der Waals surface area contributed by atoms with Crippen LogP contribution >= 0.6 is 23.2 Å². The van der Waals surface area contributed by atoms with Gasteiger partial charge in [0, 0.05) is 23.0 Å². The average Bonchev–Trinajstić information content (AvgIpc) is 2.55. The molecule has 1 aromatic carbocycles. The van der Waals surface area contributed by atoms with Crippen LogP contribution in [0.2, 0.25) is 10.2 Å². The van der Waals surface area contributed by atoms with Crippen LogP contribution < -0.4 is 10.1 Å². The Morgan fingerprint density at radius 1 is 1.00 bits per heavy atom. The lowest BCUT2D eigenvalue weighted by atomic mass is 10.2. The number of hydrogen-bond acceptors (Lipinski definition) is 5. The molecule has 0 saturated heterocycles. The lowest BCUT2D eigenvalue weighted by Gasteiger charge is -2.11. The number of nitrogens with zero attached hydrogens (tertiary/aromatic N) is 3. The molecule has 0 aliphatic rings. The highest BCUT2D eigenvalue weighted by atomic mass is 35.5. The van der Waals surface area contributed by atoms with Crippen molar-refractivity contribution < 1.29 is 4.74 Å². The van der Waals surface area contributed by atoms with Crippen LogP contribution in [0.25, 0.3) is 11.3 Å². The van der Waals surface area contributed by atoms with Crippen molar-refractivity contribution in [1.82, 2.24) is 15.0 Å². The van der Waals surface area contributed by atoms with Crippen molar-refractivity contribution in [3.05, 3.63) is 59.0 Å². The lowest BCUT2D eigenvalue weighted by Crippen LogP contribution is -2.00. The first kappa shape index (κ1) is 15.5. The molecule has 0 amide bonds. The third-order valence-corrected chi connectivity index (χ3v) is 3.53. The molecule has 7 heteroatoms. The first-order valence-corrected chi connectivity index (χ1v) is 7.47. The summed E-state index contributed by atoms with van der Waals surface area (Å²) in [6, 6.07) is 10.6. The summed E-state index contributed by atoms with van der Waals surface area (Å²) in [5.74, 6) is 1.08. The van der Waals surface area contributed by atoms with E-state index in [1.54, 1.807) is 49.8 Å². The topological polar surface area (TPSA) is 59.9 Å². The van der Waals surface area contributed by atoms with E-state index in [1.165, 1.54) is 0 Å². The fourth-order valence-corrected chi connectivity index (χ4v) is 2.39. The Hall–Kier alpha value is -2.37. The number of anilines is 2. The monoisotopic (exact) mass is 346 g/mol. The van der Waals surface area contributed by atoms with Crippen LogP contribution in [0.4, 0.5) is 11.6 Å². The number of hydrogen-bond donors (Lipinski definition) is 1. The van der Waals surface area contributed by atoms with Gasteiger partial charge in [0.1, 0.15) is 10.9 Å². The van der Waals surface area contributed by atoms with Gasteiger partial charge in [0.15, 0.2) is 0 Å². The van der Waals surface area contributed by atoms with Crippen molar-refractivity contribution in [3.8, 4) is 17.0 Å². The SMILES string of the molecule is COc1ccc(Cl)cc1Nc1nccc(-c2ccnc(Cl)c2)n1. The van der Waals surface area contributed by atoms with Crippen LogP contribution in [0, 0.1) is 0 Å². The smallest absolute Gasteiger partial charge is 0.227 e. The number of methoxy groups -OCH3 is 1. The Morgan fingerprint density at radius 2 is 1.83 bits per heavy atom. The number of halogens is 2. The molecule has 0 bridgehead atoms. The van der Waals surface area contributed by atoms with Crippen molar-refractivity contribution in [2.75, 3.05) is 12.4 Å². The second-order valence-electron chi connectivity index (χ2n) is 4.60. The summed E-state index contributed by atoms with van der Waals surface area (Å²) >= 11 is 11.9. The van der Waals surface area contributed by atoms with E-state index in [1.807, 2.05) is 6.07 Å². The second-order valence-corrected chi connectivity index (χ2v) is 5.43. The molecule has 0 radical (unpaired) electrons. The fourth-order valence-electron chi connectivity index (χ4n) is 2.04. The highest BCUT2D eigenvalue weighted by molar-refractivity contribution is 6.31. The van der Waals surface area contributed by atoms with Crippen molar-refractivity contribution in [2.45, 2.75) is 0 Å². The summed E-state index contributed by atoms with van der Waals surface area (Å²) in [6.07, 6.45) is 3.29. The first-order chi connectivity index (χ1) is 11.2. The van der Waals surface area contributed by atoms with E-state index in [9.17, 15) is 0 Å². The van der Waals surface area contributed by atoms with Gasteiger partial charge >= 0.3 is 0 Å². The van der Waals surface area contributed by atoms with Crippen molar-refractivity contribution in [2.24, 2.45) is 0 Å². The van der Waals surface area contributed by atoms with Crippen LogP contribution in [0.15, 0.2) is 48.8 Å². The summed E-state index contributed by atoms with van der Waals surface area (Å²) in [5.41, 5.74) is 2.27. The zero-order valence-electron chi connectivity index (χ0n) is 12.1. The minimum Gasteiger partial charge on any atom is -0.495 e. The third-order valence-electron chi connectivity index (χ3n) is 3.09. The molecule has 3 rings (SSSR count). The Kier molecular flexibility index (Phi) is 4.60. The van der Waals surface area contributed by atoms with Crippen LogP contribution in [0.1, 0.15) is 0 Å². The molecule has 3 aromatic rings. The Morgan fingerprint density at radius 3 is 2.61 bits per heavy atom. The van der Waals surface area contributed by atoms with Crippen LogP contribution in [0.5, 0.6) is 5.75 Å². The summed E-state index contributed by atoms with van der Waals surface area (Å²) in [7, 11) is 1.59. The van der Waals surface area contributed by atoms with Gasteiger partial charge in [-0.3, -0.25) is 0 Å². The molecule has 0 aliphatic heterocycles. The van der Waals surface area contributed by atoms with Crippen molar-refractivity contribution in [3.63, 3.8) is 0 Å². The molecule has 116 valence electrons. The maximum absolute atomic E-state index is 6.03. The second kappa shape index (κ2) is 6.81. The summed E-state index contributed by atoms with van der Waals surface area (Å²) in [6.45, 7) is 0. The fraction of sp³-hybridized carbons (Fsp3) is 0.0625. The predicted octanol–water partition coefficient (Wildman–Crippen LogP) is 4.60. The summed E-state index contributed by atoms with van der Waals surface area (Å²) < 4.78 is 5.30. The van der Waals surface area contributed by atoms with Crippen LogP contribution in [-0.4, -0.2) is 22.1 Å². The summed E-state index contributed by atoms with van der Waals surface area (Å²) in [5, 5.41) is 4.11. The average molecular weight is 347 g/mol. The van der Waals surface area contributed by atoms with Gasteiger partial charge < -0.3 is 10.1 Å². The van der Waals surface area contributed by atoms with E-state index < -0.39 is 0 Å². The van der Waals surface area contributed by atoms with Crippen LogP contribution in [0.3, 0.4) is 0 Å². The highest BCUT2D eigenvalue weighted by Gasteiger charge is 2.08. The number of ether oxygens (including phenoxy) is 1. The highest BCUT2D eigenvalue weighted by Crippen LogP contribution is 2.30. The van der Waals surface area contributed by atoms with Gasteiger partial charge in [-0.2, -0.15) is 0 Å². The zero-order valence-corrected chi connectivity index (χ0v) is 13.6. The Labute approximate surface area is 143 Å². The molecule has 0 unspecified atom stereocenters. The van der Waals surface area contributed by atoms with E-state index in [4.69, 9.17) is 27.9 Å². The third kappa shape index (κ3) is 3.70.